The Morgan fingerprint density at radius 3 is 2.32 bits per heavy atom. The first-order valence-corrected chi connectivity index (χ1v) is 8.43. The maximum absolute atomic E-state index is 12.8. The highest BCUT2D eigenvalue weighted by atomic mass is 35.5. The second-order valence-electron chi connectivity index (χ2n) is 6.23. The van der Waals surface area contributed by atoms with Gasteiger partial charge in [0.1, 0.15) is 11.9 Å². The lowest BCUT2D eigenvalue weighted by Crippen LogP contribution is -2.31. The summed E-state index contributed by atoms with van der Waals surface area (Å²) in [6.07, 6.45) is 3.59. The molecule has 1 heterocycles. The van der Waals surface area contributed by atoms with Crippen LogP contribution in [0.25, 0.3) is 0 Å². The third-order valence-electron chi connectivity index (χ3n) is 4.08. The first kappa shape index (κ1) is 17.2. The van der Waals surface area contributed by atoms with Crippen LogP contribution in [0.1, 0.15) is 38.9 Å². The second kappa shape index (κ2) is 7.11. The van der Waals surface area contributed by atoms with Crippen molar-refractivity contribution in [1.29, 1.82) is 0 Å². The molecule has 0 aliphatic carbocycles. The Balaban J connectivity index is 1.96. The molecule has 0 bridgehead atoms. The number of aromatic nitrogens is 2. The van der Waals surface area contributed by atoms with Crippen molar-refractivity contribution in [2.75, 3.05) is 0 Å². The van der Waals surface area contributed by atoms with E-state index in [-0.39, 0.29) is 11.9 Å². The predicted octanol–water partition coefficient (Wildman–Crippen LogP) is 4.21. The van der Waals surface area contributed by atoms with Gasteiger partial charge >= 0.3 is 0 Å². The molecular weight excluding hydrogens is 334 g/mol. The molecule has 4 nitrogen and oxygen atoms in total. The fourth-order valence-electron chi connectivity index (χ4n) is 2.93. The number of rotatable bonds is 4. The molecule has 1 aromatic heterocycles. The minimum absolute atomic E-state index is 0.130. The molecule has 3 rings (SSSR count). The number of benzene rings is 2. The number of amides is 1. The van der Waals surface area contributed by atoms with Crippen molar-refractivity contribution in [2.24, 2.45) is 7.05 Å². The van der Waals surface area contributed by atoms with Crippen LogP contribution in [0.2, 0.25) is 5.02 Å². The molecule has 0 saturated carbocycles. The number of aryl methyl sites for hydroxylation is 3. The molecular formula is C20H20ClN3O. The summed E-state index contributed by atoms with van der Waals surface area (Å²) in [6.45, 7) is 3.97. The normalized spacial score (nSPS) is 12.0. The summed E-state index contributed by atoms with van der Waals surface area (Å²) in [6, 6.07) is 12.9. The molecule has 1 N–H and O–H groups in total. The van der Waals surface area contributed by atoms with Gasteiger partial charge in [-0.05, 0) is 43.7 Å². The molecule has 0 radical (unpaired) electrons. The lowest BCUT2D eigenvalue weighted by Gasteiger charge is -2.19. The van der Waals surface area contributed by atoms with Gasteiger partial charge in [-0.15, -0.1) is 0 Å². The quantitative estimate of drug-likeness (QED) is 0.763. The van der Waals surface area contributed by atoms with E-state index < -0.39 is 0 Å². The van der Waals surface area contributed by atoms with E-state index in [0.717, 1.165) is 22.5 Å². The smallest absolute Gasteiger partial charge is 0.252 e. The van der Waals surface area contributed by atoms with E-state index in [4.69, 9.17) is 11.6 Å². The average molecular weight is 354 g/mol. The Bertz CT molecular complexity index is 879. The summed E-state index contributed by atoms with van der Waals surface area (Å²) < 4.78 is 1.90. The second-order valence-corrected chi connectivity index (χ2v) is 6.67. The molecule has 3 aromatic rings. The first-order chi connectivity index (χ1) is 11.9. The zero-order chi connectivity index (χ0) is 18.0. The highest BCUT2D eigenvalue weighted by molar-refractivity contribution is 6.30. The fourth-order valence-corrected chi connectivity index (χ4v) is 3.05. The third kappa shape index (κ3) is 3.91. The van der Waals surface area contributed by atoms with E-state index in [1.54, 1.807) is 6.20 Å². The van der Waals surface area contributed by atoms with Crippen LogP contribution in [0.15, 0.2) is 54.9 Å². The van der Waals surface area contributed by atoms with Crippen molar-refractivity contribution < 1.29 is 4.79 Å². The Labute approximate surface area is 152 Å². The zero-order valence-corrected chi connectivity index (χ0v) is 15.2. The van der Waals surface area contributed by atoms with E-state index in [2.05, 4.69) is 10.3 Å². The largest absolute Gasteiger partial charge is 0.338 e. The Morgan fingerprint density at radius 1 is 1.12 bits per heavy atom. The van der Waals surface area contributed by atoms with Crippen molar-refractivity contribution in [3.05, 3.63) is 88.0 Å². The topological polar surface area (TPSA) is 46.9 Å². The molecule has 5 heteroatoms. The van der Waals surface area contributed by atoms with Gasteiger partial charge in [0, 0.05) is 30.0 Å². The number of carbonyl (C=O) groups is 1. The van der Waals surface area contributed by atoms with Crippen molar-refractivity contribution in [2.45, 2.75) is 19.9 Å². The van der Waals surface area contributed by atoms with Gasteiger partial charge < -0.3 is 9.88 Å². The number of hydrogen-bond donors (Lipinski definition) is 1. The van der Waals surface area contributed by atoms with E-state index in [1.807, 2.05) is 74.1 Å². The van der Waals surface area contributed by atoms with Gasteiger partial charge in [-0.1, -0.05) is 40.9 Å². The molecule has 1 amide bonds. The molecule has 0 aliphatic heterocycles. The summed E-state index contributed by atoms with van der Waals surface area (Å²) >= 11 is 6.00. The third-order valence-corrected chi connectivity index (χ3v) is 4.33. The van der Waals surface area contributed by atoms with Gasteiger partial charge in [0.15, 0.2) is 0 Å². The van der Waals surface area contributed by atoms with Crippen LogP contribution < -0.4 is 5.32 Å². The molecule has 1 atom stereocenters. The summed E-state index contributed by atoms with van der Waals surface area (Å²) in [4.78, 5) is 17.2. The van der Waals surface area contributed by atoms with E-state index in [9.17, 15) is 4.79 Å². The maximum atomic E-state index is 12.8. The predicted molar refractivity (Wildman–Crippen MR) is 99.9 cm³/mol. The van der Waals surface area contributed by atoms with Crippen molar-refractivity contribution in [1.82, 2.24) is 14.9 Å². The summed E-state index contributed by atoms with van der Waals surface area (Å²) in [5.41, 5.74) is 3.69. The van der Waals surface area contributed by atoms with E-state index in [1.165, 1.54) is 0 Å². The minimum Gasteiger partial charge on any atom is -0.338 e. The SMILES string of the molecule is Cc1cc(C)cc(C(=O)N[C@H](c2ccc(Cl)cc2)c2nccn2C)c1. The molecule has 0 spiro atoms. The molecule has 0 unspecified atom stereocenters. The number of nitrogens with zero attached hydrogens (tertiary/aromatic N) is 2. The van der Waals surface area contributed by atoms with E-state index in [0.29, 0.717) is 10.6 Å². The molecule has 128 valence electrons. The Morgan fingerprint density at radius 2 is 1.76 bits per heavy atom. The monoisotopic (exact) mass is 353 g/mol. The Hall–Kier alpha value is -2.59. The van der Waals surface area contributed by atoms with Crippen molar-refractivity contribution >= 4 is 17.5 Å². The van der Waals surface area contributed by atoms with Gasteiger partial charge in [-0.2, -0.15) is 0 Å². The number of halogens is 1. The number of nitrogens with one attached hydrogen (secondary N) is 1. The standard InChI is InChI=1S/C20H20ClN3O/c1-13-10-14(2)12-16(11-13)20(25)23-18(19-22-8-9-24(19)3)15-4-6-17(21)7-5-15/h4-12,18H,1-3H3,(H,23,25)/t18-/m1/s1. The fraction of sp³-hybridized carbons (Fsp3) is 0.200. The molecule has 0 aliphatic rings. The minimum atomic E-state index is -0.356. The number of hydrogen-bond acceptors (Lipinski definition) is 2. The Kier molecular flexibility index (Phi) is 4.91. The first-order valence-electron chi connectivity index (χ1n) is 8.06. The highest BCUT2D eigenvalue weighted by Gasteiger charge is 2.21. The van der Waals surface area contributed by atoms with Gasteiger partial charge in [0.2, 0.25) is 0 Å². The van der Waals surface area contributed by atoms with Crippen molar-refractivity contribution in [3.8, 4) is 0 Å². The van der Waals surface area contributed by atoms with Crippen LogP contribution in [0.4, 0.5) is 0 Å². The lowest BCUT2D eigenvalue weighted by atomic mass is 10.0. The molecule has 25 heavy (non-hydrogen) atoms. The summed E-state index contributed by atoms with van der Waals surface area (Å²) in [7, 11) is 1.91. The van der Waals surface area contributed by atoms with Gasteiger partial charge in [0.05, 0.1) is 0 Å². The average Bonchev–Trinajstić information content (AvgIpc) is 2.98. The maximum Gasteiger partial charge on any atom is 0.252 e. The summed E-state index contributed by atoms with van der Waals surface area (Å²) in [5.74, 6) is 0.634. The van der Waals surface area contributed by atoms with Crippen LogP contribution in [0.3, 0.4) is 0 Å². The number of imidazole rings is 1. The lowest BCUT2D eigenvalue weighted by molar-refractivity contribution is 0.0941. The molecule has 0 fully saturated rings. The highest BCUT2D eigenvalue weighted by Crippen LogP contribution is 2.23. The van der Waals surface area contributed by atoms with Crippen LogP contribution in [0.5, 0.6) is 0 Å². The van der Waals surface area contributed by atoms with Crippen LogP contribution >= 0.6 is 11.6 Å². The van der Waals surface area contributed by atoms with Crippen LogP contribution in [-0.4, -0.2) is 15.5 Å². The van der Waals surface area contributed by atoms with Gasteiger partial charge in [-0.25, -0.2) is 4.98 Å². The van der Waals surface area contributed by atoms with Gasteiger partial charge in [0.25, 0.3) is 5.91 Å². The number of carbonyl (C=O) groups excluding carboxylic acids is 1. The molecule has 0 saturated heterocycles. The molecule has 2 aromatic carbocycles. The van der Waals surface area contributed by atoms with Crippen LogP contribution in [-0.2, 0) is 7.05 Å². The van der Waals surface area contributed by atoms with Crippen molar-refractivity contribution in [3.63, 3.8) is 0 Å². The van der Waals surface area contributed by atoms with E-state index >= 15 is 0 Å². The van der Waals surface area contributed by atoms with Gasteiger partial charge in [-0.3, -0.25) is 4.79 Å². The zero-order valence-electron chi connectivity index (χ0n) is 14.5. The van der Waals surface area contributed by atoms with Crippen LogP contribution in [0, 0.1) is 13.8 Å². The summed E-state index contributed by atoms with van der Waals surface area (Å²) in [5, 5.41) is 3.76.